The Morgan fingerprint density at radius 2 is 1.70 bits per heavy atom. The highest BCUT2D eigenvalue weighted by atomic mass is 19.4. The van der Waals surface area contributed by atoms with E-state index in [1.54, 1.807) is 36.5 Å². The van der Waals surface area contributed by atoms with Crippen molar-refractivity contribution in [2.45, 2.75) is 24.9 Å². The summed E-state index contributed by atoms with van der Waals surface area (Å²) in [6, 6.07) is 17.6. The van der Waals surface area contributed by atoms with Crippen LogP contribution in [0.2, 0.25) is 0 Å². The Balaban J connectivity index is 1.88. The van der Waals surface area contributed by atoms with Gasteiger partial charge in [-0.05, 0) is 42.2 Å². The molecule has 0 aliphatic carbocycles. The monoisotopic (exact) mass is 315 g/mol. The van der Waals surface area contributed by atoms with Crippen molar-refractivity contribution in [3.05, 3.63) is 78.0 Å². The van der Waals surface area contributed by atoms with Gasteiger partial charge in [0.25, 0.3) is 0 Å². The summed E-state index contributed by atoms with van der Waals surface area (Å²) >= 11 is 0. The van der Waals surface area contributed by atoms with Gasteiger partial charge in [-0.15, -0.1) is 0 Å². The molecule has 0 amide bonds. The number of alkyl halides is 3. The molecule has 1 aromatic heterocycles. The minimum Gasteiger partial charge on any atom is -0.256 e. The van der Waals surface area contributed by atoms with Crippen LogP contribution in [0.15, 0.2) is 66.9 Å². The lowest BCUT2D eigenvalue weighted by Gasteiger charge is -2.21. The van der Waals surface area contributed by atoms with E-state index in [-0.39, 0.29) is 6.42 Å². The lowest BCUT2D eigenvalue weighted by Crippen LogP contribution is -2.21. The average molecular weight is 315 g/mol. The fourth-order valence-electron chi connectivity index (χ4n) is 2.79. The van der Waals surface area contributed by atoms with Gasteiger partial charge in [-0.25, -0.2) is 0 Å². The lowest BCUT2D eigenvalue weighted by molar-refractivity contribution is -0.151. The first kappa shape index (κ1) is 15.5. The van der Waals surface area contributed by atoms with E-state index in [0.29, 0.717) is 17.5 Å². The average Bonchev–Trinajstić information content (AvgIpc) is 2.54. The van der Waals surface area contributed by atoms with Crippen LogP contribution in [0.4, 0.5) is 13.2 Å². The normalized spacial score (nSPS) is 13.2. The zero-order chi connectivity index (χ0) is 16.3. The number of halogens is 3. The molecule has 2 aromatic carbocycles. The number of nitrogens with zero attached hydrogens (tertiary/aromatic N) is 1. The smallest absolute Gasteiger partial charge is 0.256 e. The van der Waals surface area contributed by atoms with Crippen molar-refractivity contribution >= 4 is 10.9 Å². The molecule has 0 spiro atoms. The van der Waals surface area contributed by atoms with Gasteiger partial charge in [0.2, 0.25) is 0 Å². The van der Waals surface area contributed by atoms with Gasteiger partial charge in [0.15, 0.2) is 0 Å². The first-order valence-electron chi connectivity index (χ1n) is 7.49. The highest BCUT2D eigenvalue weighted by Crippen LogP contribution is 2.39. The van der Waals surface area contributed by atoms with Gasteiger partial charge in [0.1, 0.15) is 0 Å². The van der Waals surface area contributed by atoms with Crippen LogP contribution in [-0.4, -0.2) is 11.2 Å². The third-order valence-electron chi connectivity index (χ3n) is 3.99. The standard InChI is InChI=1S/C19H16F3N/c20-19(21,22)17(10-8-14-5-2-1-3-6-14)15-9-11-18-16(13-15)7-4-12-23-18/h1-7,9,11-13,17H,8,10H2. The Morgan fingerprint density at radius 3 is 2.43 bits per heavy atom. The highest BCUT2D eigenvalue weighted by molar-refractivity contribution is 5.79. The molecular weight excluding hydrogens is 299 g/mol. The van der Waals surface area contributed by atoms with Gasteiger partial charge < -0.3 is 0 Å². The Hall–Kier alpha value is -2.36. The van der Waals surface area contributed by atoms with Crippen molar-refractivity contribution in [3.63, 3.8) is 0 Å². The second kappa shape index (κ2) is 6.41. The lowest BCUT2D eigenvalue weighted by atomic mass is 9.91. The maximum atomic E-state index is 13.5. The second-order valence-corrected chi connectivity index (χ2v) is 5.57. The Bertz CT molecular complexity index is 781. The molecule has 0 radical (unpaired) electrons. The van der Waals surface area contributed by atoms with E-state index in [9.17, 15) is 13.2 Å². The van der Waals surface area contributed by atoms with Crippen molar-refractivity contribution in [2.75, 3.05) is 0 Å². The van der Waals surface area contributed by atoms with E-state index in [1.807, 2.05) is 30.3 Å². The molecule has 1 unspecified atom stereocenters. The van der Waals surface area contributed by atoms with Crippen LogP contribution in [0.3, 0.4) is 0 Å². The van der Waals surface area contributed by atoms with Crippen LogP contribution in [-0.2, 0) is 6.42 Å². The number of benzene rings is 2. The summed E-state index contributed by atoms with van der Waals surface area (Å²) in [6.45, 7) is 0. The maximum Gasteiger partial charge on any atom is 0.395 e. The topological polar surface area (TPSA) is 12.9 Å². The number of aryl methyl sites for hydroxylation is 1. The van der Waals surface area contributed by atoms with Crippen LogP contribution >= 0.6 is 0 Å². The molecule has 1 heterocycles. The summed E-state index contributed by atoms with van der Waals surface area (Å²) in [6.07, 6.45) is -2.18. The van der Waals surface area contributed by atoms with E-state index < -0.39 is 12.1 Å². The Morgan fingerprint density at radius 1 is 0.913 bits per heavy atom. The number of fused-ring (bicyclic) bond motifs is 1. The summed E-state index contributed by atoms with van der Waals surface area (Å²) < 4.78 is 40.5. The van der Waals surface area contributed by atoms with E-state index in [0.717, 1.165) is 10.9 Å². The predicted molar refractivity (Wildman–Crippen MR) is 85.3 cm³/mol. The first-order valence-corrected chi connectivity index (χ1v) is 7.49. The molecule has 0 N–H and O–H groups in total. The fraction of sp³-hybridized carbons (Fsp3) is 0.211. The van der Waals surface area contributed by atoms with Gasteiger partial charge in [0.05, 0.1) is 11.4 Å². The van der Waals surface area contributed by atoms with E-state index in [4.69, 9.17) is 0 Å². The molecule has 1 nitrogen and oxygen atoms in total. The number of hydrogen-bond donors (Lipinski definition) is 0. The highest BCUT2D eigenvalue weighted by Gasteiger charge is 2.40. The third-order valence-corrected chi connectivity index (χ3v) is 3.99. The summed E-state index contributed by atoms with van der Waals surface area (Å²) in [5.74, 6) is -1.47. The zero-order valence-electron chi connectivity index (χ0n) is 12.4. The third kappa shape index (κ3) is 3.70. The molecule has 118 valence electrons. The summed E-state index contributed by atoms with van der Waals surface area (Å²) in [5, 5.41) is 0.735. The summed E-state index contributed by atoms with van der Waals surface area (Å²) in [5.41, 5.74) is 1.93. The molecule has 1 atom stereocenters. The van der Waals surface area contributed by atoms with Gasteiger partial charge in [0, 0.05) is 11.6 Å². The van der Waals surface area contributed by atoms with Gasteiger partial charge >= 0.3 is 6.18 Å². The van der Waals surface area contributed by atoms with Gasteiger partial charge in [-0.1, -0.05) is 42.5 Å². The van der Waals surface area contributed by atoms with Crippen LogP contribution in [0.25, 0.3) is 10.9 Å². The minimum absolute atomic E-state index is 0.0410. The van der Waals surface area contributed by atoms with Gasteiger partial charge in [-0.3, -0.25) is 4.98 Å². The SMILES string of the molecule is FC(F)(F)C(CCc1ccccc1)c1ccc2ncccc2c1. The molecule has 4 heteroatoms. The number of pyridine rings is 1. The molecule has 3 rings (SSSR count). The number of hydrogen-bond acceptors (Lipinski definition) is 1. The predicted octanol–water partition coefficient (Wildman–Crippen LogP) is 5.51. The molecule has 0 saturated heterocycles. The van der Waals surface area contributed by atoms with Crippen molar-refractivity contribution < 1.29 is 13.2 Å². The summed E-state index contributed by atoms with van der Waals surface area (Å²) in [7, 11) is 0. The van der Waals surface area contributed by atoms with Gasteiger partial charge in [-0.2, -0.15) is 13.2 Å². The molecule has 0 aliphatic rings. The van der Waals surface area contributed by atoms with E-state index in [1.165, 1.54) is 0 Å². The Kier molecular flexibility index (Phi) is 4.33. The molecule has 0 fully saturated rings. The molecule has 23 heavy (non-hydrogen) atoms. The first-order chi connectivity index (χ1) is 11.0. The zero-order valence-corrected chi connectivity index (χ0v) is 12.4. The van der Waals surface area contributed by atoms with E-state index >= 15 is 0 Å². The molecule has 0 bridgehead atoms. The fourth-order valence-corrected chi connectivity index (χ4v) is 2.79. The van der Waals surface area contributed by atoms with Crippen molar-refractivity contribution in [2.24, 2.45) is 0 Å². The van der Waals surface area contributed by atoms with E-state index in [2.05, 4.69) is 4.98 Å². The minimum atomic E-state index is -4.26. The van der Waals surface area contributed by atoms with Crippen molar-refractivity contribution in [1.82, 2.24) is 4.98 Å². The largest absolute Gasteiger partial charge is 0.395 e. The summed E-state index contributed by atoms with van der Waals surface area (Å²) in [4.78, 5) is 4.16. The van der Waals surface area contributed by atoms with Crippen LogP contribution in [0.1, 0.15) is 23.5 Å². The van der Waals surface area contributed by atoms with Crippen molar-refractivity contribution in [3.8, 4) is 0 Å². The van der Waals surface area contributed by atoms with Crippen LogP contribution in [0, 0.1) is 0 Å². The van der Waals surface area contributed by atoms with Crippen molar-refractivity contribution in [1.29, 1.82) is 0 Å². The maximum absolute atomic E-state index is 13.5. The van der Waals surface area contributed by atoms with Crippen LogP contribution in [0.5, 0.6) is 0 Å². The molecular formula is C19H16F3N. The quantitative estimate of drug-likeness (QED) is 0.618. The number of rotatable bonds is 4. The Labute approximate surface area is 132 Å². The molecule has 0 saturated carbocycles. The second-order valence-electron chi connectivity index (χ2n) is 5.57. The number of aromatic nitrogens is 1. The molecule has 0 aliphatic heterocycles. The van der Waals surface area contributed by atoms with Crippen LogP contribution < -0.4 is 0 Å². The molecule has 3 aromatic rings.